The van der Waals surface area contributed by atoms with E-state index in [-0.39, 0.29) is 0 Å². The smallest absolute Gasteiger partial charge is 0.0472 e. The highest BCUT2D eigenvalue weighted by Gasteiger charge is 2.43. The summed E-state index contributed by atoms with van der Waals surface area (Å²) in [4.78, 5) is 2.54. The summed E-state index contributed by atoms with van der Waals surface area (Å²) in [7, 11) is 0. The maximum atomic E-state index is 5.49. The third-order valence-corrected chi connectivity index (χ3v) is 5.05. The monoisotopic (exact) mass is 258 g/mol. The van der Waals surface area contributed by atoms with Gasteiger partial charge in [0.15, 0.2) is 0 Å². The molecule has 3 nitrogen and oxygen atoms in total. The summed E-state index contributed by atoms with van der Waals surface area (Å²) in [5.41, 5.74) is 5.01. The van der Waals surface area contributed by atoms with Crippen LogP contribution in [0.3, 0.4) is 0 Å². The molecule has 0 bridgehead atoms. The first-order valence-corrected chi connectivity index (χ1v) is 7.50. The highest BCUT2D eigenvalue weighted by molar-refractivity contribution is 5.54. The van der Waals surface area contributed by atoms with E-state index < -0.39 is 0 Å². The standard InChI is InChI=1S/C16H22N2O/c1-2-15(9-14-10-17-6-3-13(1)14)18-11-16(12-18)4-7-19-8-5-16/h1-2,9,17H,3-8,10-12H2. The van der Waals surface area contributed by atoms with Crippen molar-refractivity contribution in [1.29, 1.82) is 0 Å². The van der Waals surface area contributed by atoms with Gasteiger partial charge in [0, 0.05) is 44.0 Å². The predicted octanol–water partition coefficient (Wildman–Crippen LogP) is 1.95. The van der Waals surface area contributed by atoms with E-state index in [2.05, 4.69) is 28.4 Å². The van der Waals surface area contributed by atoms with E-state index in [9.17, 15) is 0 Å². The largest absolute Gasteiger partial charge is 0.381 e. The molecule has 0 aliphatic carbocycles. The van der Waals surface area contributed by atoms with Gasteiger partial charge in [-0.15, -0.1) is 0 Å². The van der Waals surface area contributed by atoms with E-state index in [1.54, 1.807) is 0 Å². The average Bonchev–Trinajstić information content (AvgIpc) is 2.45. The van der Waals surface area contributed by atoms with Crippen molar-refractivity contribution in [3.63, 3.8) is 0 Å². The molecule has 3 aliphatic heterocycles. The summed E-state index contributed by atoms with van der Waals surface area (Å²) in [6, 6.07) is 7.05. The van der Waals surface area contributed by atoms with Crippen LogP contribution in [0.15, 0.2) is 18.2 Å². The summed E-state index contributed by atoms with van der Waals surface area (Å²) in [6.07, 6.45) is 3.67. The van der Waals surface area contributed by atoms with Crippen LogP contribution in [0.5, 0.6) is 0 Å². The second-order valence-electron chi connectivity index (χ2n) is 6.35. The number of fused-ring (bicyclic) bond motifs is 1. The van der Waals surface area contributed by atoms with Gasteiger partial charge < -0.3 is 15.0 Å². The lowest BCUT2D eigenvalue weighted by Gasteiger charge is -2.53. The lowest BCUT2D eigenvalue weighted by Crippen LogP contribution is -2.58. The fourth-order valence-corrected chi connectivity index (χ4v) is 3.73. The van der Waals surface area contributed by atoms with Crippen molar-refractivity contribution in [3.8, 4) is 0 Å². The SMILES string of the molecule is c1cc2c(cc1N1CC3(CCOCC3)C1)CNCC2. The summed E-state index contributed by atoms with van der Waals surface area (Å²) >= 11 is 0. The average molecular weight is 258 g/mol. The fraction of sp³-hybridized carbons (Fsp3) is 0.625. The van der Waals surface area contributed by atoms with Gasteiger partial charge in [-0.05, 0) is 49.1 Å². The van der Waals surface area contributed by atoms with Crippen LogP contribution in [0.2, 0.25) is 0 Å². The third kappa shape index (κ3) is 2.05. The molecule has 3 heteroatoms. The molecule has 1 N–H and O–H groups in total. The van der Waals surface area contributed by atoms with Crippen LogP contribution in [-0.4, -0.2) is 32.8 Å². The van der Waals surface area contributed by atoms with Gasteiger partial charge in [-0.1, -0.05) is 6.07 Å². The second-order valence-corrected chi connectivity index (χ2v) is 6.35. The molecule has 0 unspecified atom stereocenters. The third-order valence-electron chi connectivity index (χ3n) is 5.05. The van der Waals surface area contributed by atoms with E-state index in [1.807, 2.05) is 0 Å². The number of rotatable bonds is 1. The molecular formula is C16H22N2O. The van der Waals surface area contributed by atoms with E-state index >= 15 is 0 Å². The zero-order valence-electron chi connectivity index (χ0n) is 11.5. The Labute approximate surface area is 114 Å². The first kappa shape index (κ1) is 11.7. The Morgan fingerprint density at radius 3 is 2.79 bits per heavy atom. The minimum absolute atomic E-state index is 0.562. The van der Waals surface area contributed by atoms with Crippen LogP contribution >= 0.6 is 0 Å². The maximum absolute atomic E-state index is 5.49. The summed E-state index contributed by atoms with van der Waals surface area (Å²) in [5, 5.41) is 3.46. The number of nitrogens with zero attached hydrogens (tertiary/aromatic N) is 1. The van der Waals surface area contributed by atoms with E-state index in [0.29, 0.717) is 5.41 Å². The Morgan fingerprint density at radius 1 is 1.11 bits per heavy atom. The van der Waals surface area contributed by atoms with E-state index in [4.69, 9.17) is 4.74 Å². The molecule has 19 heavy (non-hydrogen) atoms. The van der Waals surface area contributed by atoms with E-state index in [0.717, 1.165) is 26.3 Å². The molecule has 0 aromatic heterocycles. The van der Waals surface area contributed by atoms with Crippen LogP contribution in [0.4, 0.5) is 5.69 Å². The number of ether oxygens (including phenoxy) is 1. The first-order valence-electron chi connectivity index (χ1n) is 7.50. The van der Waals surface area contributed by atoms with Crippen LogP contribution in [0.1, 0.15) is 24.0 Å². The Kier molecular flexibility index (Phi) is 2.78. The summed E-state index contributed by atoms with van der Waals surface area (Å²) < 4.78 is 5.49. The minimum atomic E-state index is 0.562. The number of hydrogen-bond acceptors (Lipinski definition) is 3. The maximum Gasteiger partial charge on any atom is 0.0472 e. The highest BCUT2D eigenvalue weighted by Crippen LogP contribution is 2.42. The number of anilines is 1. The minimum Gasteiger partial charge on any atom is -0.381 e. The zero-order chi connectivity index (χ0) is 12.7. The molecule has 3 heterocycles. The first-order chi connectivity index (χ1) is 9.35. The molecule has 4 rings (SSSR count). The molecule has 0 radical (unpaired) electrons. The molecule has 1 aromatic carbocycles. The van der Waals surface area contributed by atoms with Gasteiger partial charge >= 0.3 is 0 Å². The number of nitrogens with one attached hydrogen (secondary N) is 1. The van der Waals surface area contributed by atoms with Gasteiger partial charge in [0.1, 0.15) is 0 Å². The van der Waals surface area contributed by atoms with Crippen LogP contribution in [0, 0.1) is 5.41 Å². The molecule has 0 atom stereocenters. The second kappa shape index (κ2) is 4.50. The van der Waals surface area contributed by atoms with Crippen molar-refractivity contribution < 1.29 is 4.74 Å². The van der Waals surface area contributed by atoms with Crippen molar-refractivity contribution in [1.82, 2.24) is 5.32 Å². The van der Waals surface area contributed by atoms with Gasteiger partial charge in [-0.2, -0.15) is 0 Å². The Balaban J connectivity index is 1.49. The lowest BCUT2D eigenvalue weighted by atomic mass is 9.73. The molecule has 2 saturated heterocycles. The molecule has 102 valence electrons. The number of benzene rings is 1. The van der Waals surface area contributed by atoms with Crippen LogP contribution < -0.4 is 10.2 Å². The van der Waals surface area contributed by atoms with Crippen molar-refractivity contribution in [2.24, 2.45) is 5.41 Å². The lowest BCUT2D eigenvalue weighted by molar-refractivity contribution is -0.000196. The van der Waals surface area contributed by atoms with Crippen molar-refractivity contribution >= 4 is 5.69 Å². The topological polar surface area (TPSA) is 24.5 Å². The summed E-state index contributed by atoms with van der Waals surface area (Å²) in [5.74, 6) is 0. The Morgan fingerprint density at radius 2 is 1.95 bits per heavy atom. The normalized spacial score (nSPS) is 24.9. The number of hydrogen-bond donors (Lipinski definition) is 1. The zero-order valence-corrected chi connectivity index (χ0v) is 11.5. The van der Waals surface area contributed by atoms with Gasteiger partial charge in [0.25, 0.3) is 0 Å². The molecule has 3 aliphatic rings. The fourth-order valence-electron chi connectivity index (χ4n) is 3.73. The molecular weight excluding hydrogens is 236 g/mol. The molecule has 1 aromatic rings. The van der Waals surface area contributed by atoms with Crippen LogP contribution in [0.25, 0.3) is 0 Å². The Hall–Kier alpha value is -1.06. The quantitative estimate of drug-likeness (QED) is 0.833. The van der Waals surface area contributed by atoms with Gasteiger partial charge in [-0.3, -0.25) is 0 Å². The Bertz CT molecular complexity index is 472. The predicted molar refractivity (Wildman–Crippen MR) is 76.6 cm³/mol. The van der Waals surface area contributed by atoms with Gasteiger partial charge in [-0.25, -0.2) is 0 Å². The summed E-state index contributed by atoms with van der Waals surface area (Å²) in [6.45, 7) is 6.53. The molecule has 1 spiro atoms. The van der Waals surface area contributed by atoms with Crippen LogP contribution in [-0.2, 0) is 17.7 Å². The van der Waals surface area contributed by atoms with Gasteiger partial charge in [0.2, 0.25) is 0 Å². The molecule has 0 saturated carbocycles. The van der Waals surface area contributed by atoms with Crippen molar-refractivity contribution in [2.45, 2.75) is 25.8 Å². The van der Waals surface area contributed by atoms with E-state index in [1.165, 1.54) is 49.2 Å². The molecule has 0 amide bonds. The van der Waals surface area contributed by atoms with Crippen molar-refractivity contribution in [3.05, 3.63) is 29.3 Å². The van der Waals surface area contributed by atoms with Crippen molar-refractivity contribution in [2.75, 3.05) is 37.7 Å². The van der Waals surface area contributed by atoms with Gasteiger partial charge in [0.05, 0.1) is 0 Å². The molecule has 2 fully saturated rings. The highest BCUT2D eigenvalue weighted by atomic mass is 16.5.